The van der Waals surface area contributed by atoms with E-state index in [1.54, 1.807) is 19.9 Å². The van der Waals surface area contributed by atoms with E-state index in [0.29, 0.717) is 36.2 Å². The molecule has 3 rings (SSSR count). The minimum Gasteiger partial charge on any atom is -0.489 e. The quantitative estimate of drug-likeness (QED) is 0.927. The molecule has 1 aliphatic heterocycles. The molecule has 21 heavy (non-hydrogen) atoms. The highest BCUT2D eigenvalue weighted by Crippen LogP contribution is 2.49. The number of carboxylic acids is 1. The number of fused-ring (bicyclic) bond motifs is 1. The van der Waals surface area contributed by atoms with Crippen LogP contribution in [0, 0.1) is 10.8 Å². The normalized spacial score (nSPS) is 19.2. The molecule has 0 unspecified atom stereocenters. The highest BCUT2D eigenvalue weighted by atomic mass is 35.5. The van der Waals surface area contributed by atoms with Crippen LogP contribution >= 0.6 is 11.6 Å². The standard InChI is InChI=1S/C16H19ClO4/c1-15(2,14(18)19)7-10-5-12-13(6-11(10)17)21-9-16(3-4-16)8-20-12/h5-6H,3-4,7-9H2,1-2H3,(H,18,19). The number of rotatable bonds is 3. The molecule has 0 atom stereocenters. The van der Waals surface area contributed by atoms with Gasteiger partial charge in [-0.05, 0) is 44.7 Å². The lowest BCUT2D eigenvalue weighted by Crippen LogP contribution is -2.26. The summed E-state index contributed by atoms with van der Waals surface area (Å²) >= 11 is 6.28. The summed E-state index contributed by atoms with van der Waals surface area (Å²) in [5.41, 5.74) is 0.0749. The number of aliphatic carboxylic acids is 1. The maximum Gasteiger partial charge on any atom is 0.309 e. The van der Waals surface area contributed by atoms with Crippen LogP contribution in [-0.2, 0) is 11.2 Å². The fourth-order valence-electron chi connectivity index (χ4n) is 2.46. The minimum absolute atomic E-state index is 0.173. The van der Waals surface area contributed by atoms with Crippen molar-refractivity contribution in [3.05, 3.63) is 22.7 Å². The summed E-state index contributed by atoms with van der Waals surface area (Å²) in [5.74, 6) is 0.475. The summed E-state index contributed by atoms with van der Waals surface area (Å²) in [6.45, 7) is 4.70. The van der Waals surface area contributed by atoms with Crippen molar-refractivity contribution in [2.45, 2.75) is 33.1 Å². The number of benzene rings is 1. The number of carbonyl (C=O) groups is 1. The topological polar surface area (TPSA) is 55.8 Å². The molecule has 1 aromatic rings. The second-order valence-electron chi connectivity index (χ2n) is 6.83. The summed E-state index contributed by atoms with van der Waals surface area (Å²) < 4.78 is 11.7. The van der Waals surface area contributed by atoms with Crippen molar-refractivity contribution in [3.8, 4) is 11.5 Å². The fraction of sp³-hybridized carbons (Fsp3) is 0.562. The van der Waals surface area contributed by atoms with Gasteiger partial charge in [-0.25, -0.2) is 0 Å². The van der Waals surface area contributed by atoms with Gasteiger partial charge in [0, 0.05) is 16.5 Å². The number of hydrogen-bond donors (Lipinski definition) is 1. The second kappa shape index (κ2) is 4.80. The first-order chi connectivity index (χ1) is 9.81. The molecule has 1 saturated carbocycles. The van der Waals surface area contributed by atoms with Gasteiger partial charge in [-0.1, -0.05) is 11.6 Å². The Balaban J connectivity index is 1.87. The zero-order chi connectivity index (χ0) is 15.3. The second-order valence-corrected chi connectivity index (χ2v) is 7.24. The molecule has 1 N–H and O–H groups in total. The molecule has 1 heterocycles. The van der Waals surface area contributed by atoms with Gasteiger partial charge in [0.05, 0.1) is 18.6 Å². The monoisotopic (exact) mass is 310 g/mol. The molecule has 0 amide bonds. The van der Waals surface area contributed by atoms with E-state index in [4.69, 9.17) is 21.1 Å². The smallest absolute Gasteiger partial charge is 0.309 e. The summed E-state index contributed by atoms with van der Waals surface area (Å²) in [7, 11) is 0. The van der Waals surface area contributed by atoms with E-state index in [2.05, 4.69) is 0 Å². The first-order valence-electron chi connectivity index (χ1n) is 7.13. The molecule has 5 heteroatoms. The van der Waals surface area contributed by atoms with E-state index in [1.807, 2.05) is 6.07 Å². The van der Waals surface area contributed by atoms with Crippen LogP contribution in [0.4, 0.5) is 0 Å². The van der Waals surface area contributed by atoms with Crippen molar-refractivity contribution in [1.82, 2.24) is 0 Å². The van der Waals surface area contributed by atoms with Crippen LogP contribution in [0.1, 0.15) is 32.3 Å². The van der Waals surface area contributed by atoms with Crippen molar-refractivity contribution in [3.63, 3.8) is 0 Å². The molecule has 2 aliphatic rings. The molecule has 1 aliphatic carbocycles. The lowest BCUT2D eigenvalue weighted by Gasteiger charge is -2.20. The third-order valence-corrected chi connectivity index (χ3v) is 4.70. The lowest BCUT2D eigenvalue weighted by atomic mass is 9.86. The van der Waals surface area contributed by atoms with Gasteiger partial charge < -0.3 is 14.6 Å². The van der Waals surface area contributed by atoms with E-state index in [9.17, 15) is 9.90 Å². The Hall–Kier alpha value is -1.42. The van der Waals surface area contributed by atoms with E-state index in [1.165, 1.54) is 0 Å². The zero-order valence-electron chi connectivity index (χ0n) is 12.2. The van der Waals surface area contributed by atoms with Crippen LogP contribution in [0.5, 0.6) is 11.5 Å². The SMILES string of the molecule is CC(C)(Cc1cc2c(cc1Cl)OCC1(CC1)CO2)C(=O)O. The summed E-state index contributed by atoms with van der Waals surface area (Å²) in [6.07, 6.45) is 2.62. The highest BCUT2D eigenvalue weighted by molar-refractivity contribution is 6.31. The van der Waals surface area contributed by atoms with Gasteiger partial charge >= 0.3 is 5.97 Å². The average Bonchev–Trinajstić information content (AvgIpc) is 3.19. The maximum absolute atomic E-state index is 11.3. The third-order valence-electron chi connectivity index (χ3n) is 4.35. The first kappa shape index (κ1) is 14.5. The molecule has 114 valence electrons. The molecular weight excluding hydrogens is 292 g/mol. The predicted molar refractivity (Wildman–Crippen MR) is 79.2 cm³/mol. The van der Waals surface area contributed by atoms with Crippen molar-refractivity contribution in [2.75, 3.05) is 13.2 Å². The number of carboxylic acid groups (broad SMARTS) is 1. The van der Waals surface area contributed by atoms with Crippen LogP contribution in [0.3, 0.4) is 0 Å². The molecule has 1 spiro atoms. The van der Waals surface area contributed by atoms with Crippen LogP contribution in [-0.4, -0.2) is 24.3 Å². The molecule has 0 bridgehead atoms. The van der Waals surface area contributed by atoms with Gasteiger partial charge in [0.1, 0.15) is 0 Å². The predicted octanol–water partition coefficient (Wildman–Crippen LogP) is 3.54. The van der Waals surface area contributed by atoms with Crippen molar-refractivity contribution in [1.29, 1.82) is 0 Å². The van der Waals surface area contributed by atoms with Gasteiger partial charge in [-0.15, -0.1) is 0 Å². The van der Waals surface area contributed by atoms with Crippen LogP contribution in [0.25, 0.3) is 0 Å². The Labute approximate surface area is 129 Å². The minimum atomic E-state index is -0.874. The average molecular weight is 311 g/mol. The molecular formula is C16H19ClO4. The molecule has 1 aromatic carbocycles. The van der Waals surface area contributed by atoms with Crippen molar-refractivity contribution < 1.29 is 19.4 Å². The molecule has 1 fully saturated rings. The molecule has 0 radical (unpaired) electrons. The highest BCUT2D eigenvalue weighted by Gasteiger charge is 2.46. The van der Waals surface area contributed by atoms with Crippen molar-refractivity contribution >= 4 is 17.6 Å². The van der Waals surface area contributed by atoms with Crippen LogP contribution < -0.4 is 9.47 Å². The van der Waals surface area contributed by atoms with E-state index in [0.717, 1.165) is 18.4 Å². The van der Waals surface area contributed by atoms with E-state index in [-0.39, 0.29) is 5.41 Å². The lowest BCUT2D eigenvalue weighted by molar-refractivity contribution is -0.146. The Morgan fingerprint density at radius 1 is 1.29 bits per heavy atom. The Bertz CT molecular complexity index is 590. The zero-order valence-corrected chi connectivity index (χ0v) is 13.0. The van der Waals surface area contributed by atoms with Gasteiger partial charge in [-0.2, -0.15) is 0 Å². The Kier molecular flexibility index (Phi) is 3.32. The summed E-state index contributed by atoms with van der Waals surface area (Å²) in [4.78, 5) is 11.3. The van der Waals surface area contributed by atoms with Crippen LogP contribution in [0.2, 0.25) is 5.02 Å². The number of hydrogen-bond acceptors (Lipinski definition) is 3. The van der Waals surface area contributed by atoms with Gasteiger partial charge in [0.2, 0.25) is 0 Å². The third kappa shape index (κ3) is 2.82. The van der Waals surface area contributed by atoms with E-state index < -0.39 is 11.4 Å². The fourth-order valence-corrected chi connectivity index (χ4v) is 2.68. The van der Waals surface area contributed by atoms with Gasteiger partial charge in [0.25, 0.3) is 0 Å². The van der Waals surface area contributed by atoms with Crippen LogP contribution in [0.15, 0.2) is 12.1 Å². The molecule has 0 aromatic heterocycles. The number of halogens is 1. The molecule has 4 nitrogen and oxygen atoms in total. The van der Waals surface area contributed by atoms with E-state index >= 15 is 0 Å². The maximum atomic E-state index is 11.3. The summed E-state index contributed by atoms with van der Waals surface area (Å²) in [6, 6.07) is 3.56. The largest absolute Gasteiger partial charge is 0.489 e. The van der Waals surface area contributed by atoms with Gasteiger partial charge in [-0.3, -0.25) is 4.79 Å². The first-order valence-corrected chi connectivity index (χ1v) is 7.51. The van der Waals surface area contributed by atoms with Gasteiger partial charge in [0.15, 0.2) is 11.5 Å². The Morgan fingerprint density at radius 2 is 1.86 bits per heavy atom. The Morgan fingerprint density at radius 3 is 2.38 bits per heavy atom. The molecule has 0 saturated heterocycles. The summed E-state index contributed by atoms with van der Waals surface area (Å²) in [5, 5.41) is 9.78. The van der Waals surface area contributed by atoms with Crippen molar-refractivity contribution in [2.24, 2.45) is 10.8 Å². The number of ether oxygens (including phenoxy) is 2.